The van der Waals surface area contributed by atoms with Crippen molar-refractivity contribution in [3.8, 4) is 0 Å². The molecule has 0 spiro atoms. The van der Waals surface area contributed by atoms with Gasteiger partial charge in [-0.3, -0.25) is 0 Å². The summed E-state index contributed by atoms with van der Waals surface area (Å²) < 4.78 is 27.1. The molecule has 0 aliphatic rings. The molecule has 0 atom stereocenters. The Balaban J connectivity index is 1.90. The van der Waals surface area contributed by atoms with Crippen molar-refractivity contribution in [3.05, 3.63) is 65.5 Å². The van der Waals surface area contributed by atoms with E-state index in [1.54, 1.807) is 0 Å². The molecule has 0 amide bonds. The summed E-state index contributed by atoms with van der Waals surface area (Å²) >= 11 is 0. The zero-order valence-corrected chi connectivity index (χ0v) is 13.8. The van der Waals surface area contributed by atoms with E-state index in [0.29, 0.717) is 5.82 Å². The molecule has 0 aliphatic carbocycles. The largest absolute Gasteiger partial charge is 0.393 e. The fraction of sp³-hybridized carbons (Fsp3) is 0.111. The Morgan fingerprint density at radius 1 is 0.880 bits per heavy atom. The molecule has 0 unspecified atom stereocenters. The number of nitrogen functional groups attached to an aromatic ring is 1. The van der Waals surface area contributed by atoms with Crippen LogP contribution in [0.2, 0.25) is 0 Å². The first-order chi connectivity index (χ1) is 11.9. The van der Waals surface area contributed by atoms with Gasteiger partial charge in [0.25, 0.3) is 0 Å². The summed E-state index contributed by atoms with van der Waals surface area (Å²) in [6, 6.07) is 9.06. The lowest BCUT2D eigenvalue weighted by atomic mass is 10.1. The van der Waals surface area contributed by atoms with Crippen molar-refractivity contribution in [3.63, 3.8) is 0 Å². The van der Waals surface area contributed by atoms with Crippen LogP contribution >= 0.6 is 0 Å². The number of halogens is 2. The average molecular weight is 341 g/mol. The molecule has 3 aromatic rings. The SMILES string of the molecule is Cc1cc(C)cc(Nc2ncnc(Nc3cc(F)ccc3F)c2N)c1. The Hall–Kier alpha value is -3.22. The van der Waals surface area contributed by atoms with E-state index in [2.05, 4.69) is 20.6 Å². The van der Waals surface area contributed by atoms with Crippen LogP contribution in [-0.4, -0.2) is 9.97 Å². The Morgan fingerprint density at radius 3 is 2.20 bits per heavy atom. The quantitative estimate of drug-likeness (QED) is 0.654. The van der Waals surface area contributed by atoms with Crippen molar-refractivity contribution in [2.45, 2.75) is 13.8 Å². The molecule has 3 rings (SSSR count). The number of hydrogen-bond acceptors (Lipinski definition) is 5. The first kappa shape index (κ1) is 16.6. The lowest BCUT2D eigenvalue weighted by molar-refractivity contribution is 0.603. The summed E-state index contributed by atoms with van der Waals surface area (Å²) in [7, 11) is 0. The monoisotopic (exact) mass is 341 g/mol. The molecule has 7 heteroatoms. The smallest absolute Gasteiger partial charge is 0.159 e. The van der Waals surface area contributed by atoms with Crippen LogP contribution in [0.15, 0.2) is 42.7 Å². The van der Waals surface area contributed by atoms with Crippen LogP contribution in [0.25, 0.3) is 0 Å². The van der Waals surface area contributed by atoms with Gasteiger partial charge in [-0.05, 0) is 49.2 Å². The zero-order chi connectivity index (χ0) is 18.0. The molecule has 0 saturated heterocycles. The van der Waals surface area contributed by atoms with Gasteiger partial charge in [0.05, 0.1) is 5.69 Å². The van der Waals surface area contributed by atoms with Crippen LogP contribution < -0.4 is 16.4 Å². The second-order valence-corrected chi connectivity index (χ2v) is 5.74. The van der Waals surface area contributed by atoms with Crippen LogP contribution in [0.4, 0.5) is 37.5 Å². The Bertz CT molecular complexity index is 907. The minimum atomic E-state index is -0.608. The van der Waals surface area contributed by atoms with Crippen LogP contribution in [0.5, 0.6) is 0 Å². The minimum absolute atomic E-state index is 0.0530. The Labute approximate surface area is 143 Å². The highest BCUT2D eigenvalue weighted by Gasteiger charge is 2.11. The third-order valence-corrected chi connectivity index (χ3v) is 3.55. The van der Waals surface area contributed by atoms with Crippen molar-refractivity contribution in [2.75, 3.05) is 16.4 Å². The normalized spacial score (nSPS) is 10.6. The van der Waals surface area contributed by atoms with Gasteiger partial charge < -0.3 is 16.4 Å². The van der Waals surface area contributed by atoms with E-state index in [1.165, 1.54) is 6.33 Å². The molecule has 2 aromatic carbocycles. The standard InChI is InChI=1S/C18H17F2N5/c1-10-5-11(2)7-13(6-10)24-17-16(21)18(23-9-22-17)25-15-8-12(19)3-4-14(15)20/h3-9H,21H2,1-2H3,(H2,22,23,24,25). The van der Waals surface area contributed by atoms with Crippen molar-refractivity contribution >= 4 is 28.7 Å². The molecule has 0 aliphatic heterocycles. The third kappa shape index (κ3) is 3.82. The topological polar surface area (TPSA) is 75.9 Å². The van der Waals surface area contributed by atoms with Gasteiger partial charge in [0.2, 0.25) is 0 Å². The number of rotatable bonds is 4. The molecule has 25 heavy (non-hydrogen) atoms. The number of nitrogens with zero attached hydrogens (tertiary/aromatic N) is 2. The fourth-order valence-electron chi connectivity index (χ4n) is 2.50. The summed E-state index contributed by atoms with van der Waals surface area (Å²) in [6.07, 6.45) is 1.29. The lowest BCUT2D eigenvalue weighted by Gasteiger charge is -2.13. The molecule has 128 valence electrons. The minimum Gasteiger partial charge on any atom is -0.393 e. The molecule has 0 fully saturated rings. The van der Waals surface area contributed by atoms with E-state index in [0.717, 1.165) is 35.0 Å². The van der Waals surface area contributed by atoms with Gasteiger partial charge in [-0.25, -0.2) is 18.7 Å². The van der Waals surface area contributed by atoms with E-state index in [4.69, 9.17) is 5.73 Å². The predicted octanol–water partition coefficient (Wildman–Crippen LogP) is 4.44. The molecule has 4 N–H and O–H groups in total. The third-order valence-electron chi connectivity index (χ3n) is 3.55. The van der Waals surface area contributed by atoms with Crippen molar-refractivity contribution in [1.82, 2.24) is 9.97 Å². The van der Waals surface area contributed by atoms with Gasteiger partial charge >= 0.3 is 0 Å². The average Bonchev–Trinajstić information content (AvgIpc) is 2.54. The maximum absolute atomic E-state index is 13.8. The fourth-order valence-corrected chi connectivity index (χ4v) is 2.50. The second-order valence-electron chi connectivity index (χ2n) is 5.74. The number of hydrogen-bond donors (Lipinski definition) is 3. The van der Waals surface area contributed by atoms with Crippen molar-refractivity contribution < 1.29 is 8.78 Å². The number of aromatic nitrogens is 2. The molecule has 5 nitrogen and oxygen atoms in total. The van der Waals surface area contributed by atoms with Crippen LogP contribution in [0.3, 0.4) is 0 Å². The molecule has 0 bridgehead atoms. The van der Waals surface area contributed by atoms with Crippen LogP contribution in [-0.2, 0) is 0 Å². The second kappa shape index (κ2) is 6.72. The summed E-state index contributed by atoms with van der Waals surface area (Å²) in [5.41, 5.74) is 9.23. The summed E-state index contributed by atoms with van der Waals surface area (Å²) in [4.78, 5) is 8.13. The summed E-state index contributed by atoms with van der Waals surface area (Å²) in [6.45, 7) is 3.97. The number of benzene rings is 2. The van der Waals surface area contributed by atoms with Gasteiger partial charge in [-0.2, -0.15) is 0 Å². The van der Waals surface area contributed by atoms with Crippen LogP contribution in [0, 0.1) is 25.5 Å². The van der Waals surface area contributed by atoms with Crippen LogP contribution in [0.1, 0.15) is 11.1 Å². The summed E-state index contributed by atoms with van der Waals surface area (Å²) in [5.74, 6) is -0.612. The van der Waals surface area contributed by atoms with Gasteiger partial charge in [0.15, 0.2) is 11.6 Å². The van der Waals surface area contributed by atoms with E-state index < -0.39 is 11.6 Å². The highest BCUT2D eigenvalue weighted by atomic mass is 19.1. The van der Waals surface area contributed by atoms with Gasteiger partial charge in [0, 0.05) is 11.8 Å². The highest BCUT2D eigenvalue weighted by Crippen LogP contribution is 2.29. The van der Waals surface area contributed by atoms with E-state index in [-0.39, 0.29) is 17.2 Å². The molecule has 1 heterocycles. The molecule has 1 aromatic heterocycles. The Kier molecular flexibility index (Phi) is 4.47. The van der Waals surface area contributed by atoms with Gasteiger partial charge in [-0.1, -0.05) is 6.07 Å². The highest BCUT2D eigenvalue weighted by molar-refractivity contribution is 5.80. The van der Waals surface area contributed by atoms with Gasteiger partial charge in [0.1, 0.15) is 23.6 Å². The van der Waals surface area contributed by atoms with E-state index in [1.807, 2.05) is 32.0 Å². The zero-order valence-electron chi connectivity index (χ0n) is 13.8. The maximum Gasteiger partial charge on any atom is 0.159 e. The first-order valence-electron chi connectivity index (χ1n) is 7.60. The number of nitrogens with one attached hydrogen (secondary N) is 2. The Morgan fingerprint density at radius 2 is 1.52 bits per heavy atom. The van der Waals surface area contributed by atoms with Crippen molar-refractivity contribution in [1.29, 1.82) is 0 Å². The molecule has 0 saturated carbocycles. The van der Waals surface area contributed by atoms with E-state index >= 15 is 0 Å². The predicted molar refractivity (Wildman–Crippen MR) is 95.3 cm³/mol. The number of anilines is 5. The maximum atomic E-state index is 13.8. The summed E-state index contributed by atoms with van der Waals surface area (Å²) in [5, 5.41) is 5.82. The number of aryl methyl sites for hydroxylation is 2. The van der Waals surface area contributed by atoms with Gasteiger partial charge in [-0.15, -0.1) is 0 Å². The van der Waals surface area contributed by atoms with E-state index in [9.17, 15) is 8.78 Å². The molecular formula is C18H17F2N5. The number of nitrogens with two attached hydrogens (primary N) is 1. The molecule has 0 radical (unpaired) electrons. The van der Waals surface area contributed by atoms with Crippen molar-refractivity contribution in [2.24, 2.45) is 0 Å². The first-order valence-corrected chi connectivity index (χ1v) is 7.60. The molecular weight excluding hydrogens is 324 g/mol. The lowest BCUT2D eigenvalue weighted by Crippen LogP contribution is -2.06.